The maximum Gasteiger partial charge on any atom is 0.328 e. The van der Waals surface area contributed by atoms with Crippen molar-refractivity contribution in [2.24, 2.45) is 0 Å². The minimum atomic E-state index is -0.925. The summed E-state index contributed by atoms with van der Waals surface area (Å²) in [5.41, 5.74) is 5.10. The Labute approximate surface area is 163 Å². The Morgan fingerprint density at radius 3 is 2.00 bits per heavy atom. The van der Waals surface area contributed by atoms with Crippen LogP contribution in [0.4, 0.5) is 0 Å². The molecule has 0 fully saturated rings. The van der Waals surface area contributed by atoms with Gasteiger partial charge in [-0.1, -0.05) is 99.4 Å². The van der Waals surface area contributed by atoms with Crippen LogP contribution in [-0.2, 0) is 17.6 Å². The van der Waals surface area contributed by atoms with Gasteiger partial charge in [0.25, 0.3) is 0 Å². The van der Waals surface area contributed by atoms with Gasteiger partial charge >= 0.3 is 5.97 Å². The number of aliphatic carboxylic acids is 1. The number of allylic oxidation sites excluding steroid dienone is 3. The molecule has 0 radical (unpaired) electrons. The lowest BCUT2D eigenvalue weighted by atomic mass is 9.99. The standard InChI is InChI=1S/C25H30O2/c1-2-3-4-5-7-10-21-13-17-23(18-14-21)24-19-15-22(16-20-24)11-8-6-9-12-25(26)27/h6,8-9,12-20H,2-5,7,10-11H2,1H3,(H,26,27). The molecule has 0 heterocycles. The van der Waals surface area contributed by atoms with Crippen LogP contribution < -0.4 is 0 Å². The normalized spacial score (nSPS) is 11.4. The predicted molar refractivity (Wildman–Crippen MR) is 114 cm³/mol. The minimum Gasteiger partial charge on any atom is -0.478 e. The van der Waals surface area contributed by atoms with Crippen LogP contribution in [0, 0.1) is 0 Å². The molecule has 27 heavy (non-hydrogen) atoms. The summed E-state index contributed by atoms with van der Waals surface area (Å²) in [6.45, 7) is 2.25. The molecule has 2 heteroatoms. The van der Waals surface area contributed by atoms with E-state index in [2.05, 4.69) is 55.5 Å². The number of aryl methyl sites for hydroxylation is 1. The number of carboxylic acids is 1. The lowest BCUT2D eigenvalue weighted by Crippen LogP contribution is -1.87. The summed E-state index contributed by atoms with van der Waals surface area (Å²) < 4.78 is 0. The van der Waals surface area contributed by atoms with Crippen LogP contribution in [0.25, 0.3) is 11.1 Å². The number of hydrogen-bond acceptors (Lipinski definition) is 1. The molecule has 0 aliphatic rings. The first kappa shape index (κ1) is 20.7. The van der Waals surface area contributed by atoms with Gasteiger partial charge in [-0.05, 0) is 41.5 Å². The average Bonchev–Trinajstić information content (AvgIpc) is 2.68. The van der Waals surface area contributed by atoms with Crippen LogP contribution in [0.2, 0.25) is 0 Å². The van der Waals surface area contributed by atoms with Gasteiger partial charge in [0, 0.05) is 6.08 Å². The summed E-state index contributed by atoms with van der Waals surface area (Å²) in [5.74, 6) is -0.925. The van der Waals surface area contributed by atoms with E-state index in [1.807, 2.05) is 6.08 Å². The van der Waals surface area contributed by atoms with Crippen LogP contribution in [0.3, 0.4) is 0 Å². The minimum absolute atomic E-state index is 0.793. The molecule has 2 rings (SSSR count). The highest BCUT2D eigenvalue weighted by atomic mass is 16.4. The predicted octanol–water partition coefficient (Wildman–Crippen LogP) is 6.61. The van der Waals surface area contributed by atoms with Gasteiger partial charge in [-0.25, -0.2) is 4.79 Å². The van der Waals surface area contributed by atoms with Crippen LogP contribution in [0.5, 0.6) is 0 Å². The highest BCUT2D eigenvalue weighted by Crippen LogP contribution is 2.21. The Kier molecular flexibility index (Phi) is 9.12. The van der Waals surface area contributed by atoms with Crippen LogP contribution in [0.1, 0.15) is 50.2 Å². The third kappa shape index (κ3) is 8.08. The van der Waals surface area contributed by atoms with E-state index in [1.165, 1.54) is 60.8 Å². The fourth-order valence-corrected chi connectivity index (χ4v) is 3.05. The third-order valence-corrected chi connectivity index (χ3v) is 4.65. The second-order valence-corrected chi connectivity index (χ2v) is 6.89. The summed E-state index contributed by atoms with van der Waals surface area (Å²) in [5, 5.41) is 8.54. The highest BCUT2D eigenvalue weighted by molar-refractivity contribution is 5.80. The molecule has 0 unspecified atom stereocenters. The molecule has 0 bridgehead atoms. The zero-order chi connectivity index (χ0) is 19.3. The molecule has 0 aliphatic carbocycles. The van der Waals surface area contributed by atoms with Crippen molar-refractivity contribution in [3.05, 3.63) is 84.0 Å². The molecular weight excluding hydrogens is 332 g/mol. The molecule has 0 aliphatic heterocycles. The lowest BCUT2D eigenvalue weighted by molar-refractivity contribution is -0.131. The van der Waals surface area contributed by atoms with Crippen molar-refractivity contribution < 1.29 is 9.90 Å². The van der Waals surface area contributed by atoms with Crippen molar-refractivity contribution in [2.45, 2.75) is 51.9 Å². The van der Waals surface area contributed by atoms with Gasteiger partial charge < -0.3 is 5.11 Å². The van der Waals surface area contributed by atoms with E-state index in [0.717, 1.165) is 12.5 Å². The maximum absolute atomic E-state index is 10.4. The molecule has 0 saturated carbocycles. The Morgan fingerprint density at radius 2 is 1.41 bits per heavy atom. The second-order valence-electron chi connectivity index (χ2n) is 6.89. The zero-order valence-corrected chi connectivity index (χ0v) is 16.2. The van der Waals surface area contributed by atoms with Crippen molar-refractivity contribution >= 4 is 5.97 Å². The topological polar surface area (TPSA) is 37.3 Å². The summed E-state index contributed by atoms with van der Waals surface area (Å²) in [6.07, 6.45) is 15.0. The fourth-order valence-electron chi connectivity index (χ4n) is 3.05. The van der Waals surface area contributed by atoms with Crippen LogP contribution in [0.15, 0.2) is 72.8 Å². The zero-order valence-electron chi connectivity index (χ0n) is 16.2. The van der Waals surface area contributed by atoms with Crippen LogP contribution in [-0.4, -0.2) is 11.1 Å². The SMILES string of the molecule is CCCCCCCc1ccc(-c2ccc(CC=CC=CC(=O)O)cc2)cc1. The van der Waals surface area contributed by atoms with Gasteiger partial charge in [0.1, 0.15) is 0 Å². The Balaban J connectivity index is 1.84. The molecular formula is C25H30O2. The Morgan fingerprint density at radius 1 is 0.815 bits per heavy atom. The van der Waals surface area contributed by atoms with Gasteiger partial charge in [0.2, 0.25) is 0 Å². The van der Waals surface area contributed by atoms with Crippen LogP contribution >= 0.6 is 0 Å². The summed E-state index contributed by atoms with van der Waals surface area (Å²) in [4.78, 5) is 10.4. The molecule has 2 aromatic carbocycles. The van der Waals surface area contributed by atoms with Gasteiger partial charge in [-0.15, -0.1) is 0 Å². The summed E-state index contributed by atoms with van der Waals surface area (Å²) in [6, 6.07) is 17.5. The molecule has 2 aromatic rings. The number of unbranched alkanes of at least 4 members (excludes halogenated alkanes) is 4. The van der Waals surface area contributed by atoms with E-state index in [-0.39, 0.29) is 0 Å². The Bertz CT molecular complexity index is 737. The lowest BCUT2D eigenvalue weighted by Gasteiger charge is -2.06. The number of carbonyl (C=O) groups is 1. The number of carboxylic acid groups (broad SMARTS) is 1. The molecule has 0 spiro atoms. The van der Waals surface area contributed by atoms with E-state index in [0.29, 0.717) is 0 Å². The first-order valence-electron chi connectivity index (χ1n) is 9.93. The number of hydrogen-bond donors (Lipinski definition) is 1. The first-order valence-corrected chi connectivity index (χ1v) is 9.93. The molecule has 1 N–H and O–H groups in total. The van der Waals surface area contributed by atoms with Crippen molar-refractivity contribution in [1.29, 1.82) is 0 Å². The van der Waals surface area contributed by atoms with E-state index >= 15 is 0 Å². The molecule has 0 atom stereocenters. The molecule has 0 aromatic heterocycles. The third-order valence-electron chi connectivity index (χ3n) is 4.65. The summed E-state index contributed by atoms with van der Waals surface area (Å²) in [7, 11) is 0. The van der Waals surface area contributed by atoms with Gasteiger partial charge in [-0.3, -0.25) is 0 Å². The van der Waals surface area contributed by atoms with Gasteiger partial charge in [0.05, 0.1) is 0 Å². The molecule has 0 amide bonds. The molecule has 142 valence electrons. The van der Waals surface area contributed by atoms with Gasteiger partial charge in [-0.2, -0.15) is 0 Å². The van der Waals surface area contributed by atoms with Crippen molar-refractivity contribution in [1.82, 2.24) is 0 Å². The maximum atomic E-state index is 10.4. The summed E-state index contributed by atoms with van der Waals surface area (Å²) >= 11 is 0. The van der Waals surface area contributed by atoms with E-state index in [9.17, 15) is 4.79 Å². The smallest absolute Gasteiger partial charge is 0.328 e. The number of benzene rings is 2. The average molecular weight is 363 g/mol. The monoisotopic (exact) mass is 362 g/mol. The quantitative estimate of drug-likeness (QED) is 0.277. The van der Waals surface area contributed by atoms with E-state index in [1.54, 1.807) is 12.2 Å². The second kappa shape index (κ2) is 11.9. The Hall–Kier alpha value is -2.61. The molecule has 0 saturated heterocycles. The fraction of sp³-hybridized carbons (Fsp3) is 0.320. The van der Waals surface area contributed by atoms with Crippen molar-refractivity contribution in [2.75, 3.05) is 0 Å². The highest BCUT2D eigenvalue weighted by Gasteiger charge is 1.99. The largest absolute Gasteiger partial charge is 0.478 e. The van der Waals surface area contributed by atoms with Gasteiger partial charge in [0.15, 0.2) is 0 Å². The van der Waals surface area contributed by atoms with E-state index < -0.39 is 5.97 Å². The van der Waals surface area contributed by atoms with Crippen molar-refractivity contribution in [3.63, 3.8) is 0 Å². The van der Waals surface area contributed by atoms with E-state index in [4.69, 9.17) is 5.11 Å². The van der Waals surface area contributed by atoms with Crippen molar-refractivity contribution in [3.8, 4) is 11.1 Å². The first-order chi connectivity index (χ1) is 13.2. The molecule has 2 nitrogen and oxygen atoms in total. The number of rotatable bonds is 11.